The van der Waals surface area contributed by atoms with Gasteiger partial charge in [0.15, 0.2) is 9.84 Å². The molecule has 2 atom stereocenters. The number of thioether (sulfide) groups is 1. The zero-order valence-corrected chi connectivity index (χ0v) is 16.2. The van der Waals surface area contributed by atoms with Crippen molar-refractivity contribution in [1.29, 1.82) is 0 Å². The molecular formula is C19H23NO3S2. The minimum atomic E-state index is -3.21. The minimum Gasteiger partial charge on any atom is -0.349 e. The topological polar surface area (TPSA) is 63.2 Å². The molecule has 0 fully saturated rings. The van der Waals surface area contributed by atoms with Crippen LogP contribution in [0.15, 0.2) is 59.5 Å². The fraction of sp³-hybridized carbons (Fsp3) is 0.316. The summed E-state index contributed by atoms with van der Waals surface area (Å²) in [4.78, 5) is 12.6. The predicted octanol–water partition coefficient (Wildman–Crippen LogP) is 3.59. The first kappa shape index (κ1) is 19.5. The molecule has 4 nitrogen and oxygen atoms in total. The number of benzene rings is 2. The van der Waals surface area contributed by atoms with Crippen molar-refractivity contribution in [3.05, 3.63) is 65.7 Å². The minimum absolute atomic E-state index is 0.0272. The first-order chi connectivity index (χ1) is 11.8. The van der Waals surface area contributed by atoms with Gasteiger partial charge in [0.05, 0.1) is 16.2 Å². The van der Waals surface area contributed by atoms with Gasteiger partial charge in [-0.15, -0.1) is 11.8 Å². The van der Waals surface area contributed by atoms with Gasteiger partial charge in [-0.2, -0.15) is 0 Å². The summed E-state index contributed by atoms with van der Waals surface area (Å²) in [6.45, 7) is 3.78. The smallest absolute Gasteiger partial charge is 0.233 e. The van der Waals surface area contributed by atoms with Crippen molar-refractivity contribution in [1.82, 2.24) is 5.32 Å². The van der Waals surface area contributed by atoms with Gasteiger partial charge in [-0.05, 0) is 37.1 Å². The van der Waals surface area contributed by atoms with Gasteiger partial charge in [0.2, 0.25) is 5.91 Å². The lowest BCUT2D eigenvalue weighted by Crippen LogP contribution is -2.33. The van der Waals surface area contributed by atoms with E-state index in [1.54, 1.807) is 36.0 Å². The molecule has 2 rings (SSSR count). The lowest BCUT2D eigenvalue weighted by atomic mass is 10.1. The Morgan fingerprint density at radius 1 is 1.04 bits per heavy atom. The van der Waals surface area contributed by atoms with Crippen LogP contribution in [-0.4, -0.2) is 25.8 Å². The molecule has 1 amide bonds. The molecule has 0 unspecified atom stereocenters. The number of amides is 1. The maximum atomic E-state index is 12.3. The first-order valence-corrected chi connectivity index (χ1v) is 11.0. The van der Waals surface area contributed by atoms with Crippen molar-refractivity contribution in [3.8, 4) is 0 Å². The van der Waals surface area contributed by atoms with E-state index in [9.17, 15) is 13.2 Å². The zero-order chi connectivity index (χ0) is 18.4. The molecule has 0 bridgehead atoms. The van der Waals surface area contributed by atoms with Crippen LogP contribution < -0.4 is 5.32 Å². The van der Waals surface area contributed by atoms with E-state index < -0.39 is 9.84 Å². The molecule has 0 aliphatic carbocycles. The normalized spacial score (nSPS) is 13.9. The number of carbonyl (C=O) groups is 1. The molecule has 6 heteroatoms. The monoisotopic (exact) mass is 377 g/mol. The summed E-state index contributed by atoms with van der Waals surface area (Å²) >= 11 is 1.59. The van der Waals surface area contributed by atoms with Crippen LogP contribution in [-0.2, 0) is 20.4 Å². The molecule has 0 heterocycles. The van der Waals surface area contributed by atoms with Crippen LogP contribution in [0.2, 0.25) is 0 Å². The first-order valence-electron chi connectivity index (χ1n) is 8.03. The maximum absolute atomic E-state index is 12.3. The van der Waals surface area contributed by atoms with Gasteiger partial charge in [-0.3, -0.25) is 4.79 Å². The fourth-order valence-corrected chi connectivity index (χ4v) is 3.77. The molecule has 25 heavy (non-hydrogen) atoms. The standard InChI is InChI=1S/C19H23NO3S2/c1-14(17-9-11-18(12-10-17)25(3,22)23)20-19(21)15(2)24-13-16-7-5-4-6-8-16/h4-12,14-15H,13H2,1-3H3,(H,20,21)/t14-,15+/m0/s1. The summed E-state index contributed by atoms with van der Waals surface area (Å²) in [7, 11) is -3.21. The van der Waals surface area contributed by atoms with Crippen molar-refractivity contribution in [2.45, 2.75) is 35.8 Å². The van der Waals surface area contributed by atoms with Crippen molar-refractivity contribution in [2.24, 2.45) is 0 Å². The highest BCUT2D eigenvalue weighted by atomic mass is 32.2. The number of sulfone groups is 1. The Hall–Kier alpha value is -1.79. The quantitative estimate of drug-likeness (QED) is 0.801. The van der Waals surface area contributed by atoms with Gasteiger partial charge in [0, 0.05) is 12.0 Å². The van der Waals surface area contributed by atoms with Gasteiger partial charge < -0.3 is 5.32 Å². The van der Waals surface area contributed by atoms with E-state index in [0.29, 0.717) is 0 Å². The Balaban J connectivity index is 1.90. The van der Waals surface area contributed by atoms with E-state index in [4.69, 9.17) is 0 Å². The summed E-state index contributed by atoms with van der Waals surface area (Å²) in [5, 5.41) is 2.81. The molecular weight excluding hydrogens is 354 g/mol. The zero-order valence-electron chi connectivity index (χ0n) is 14.6. The second-order valence-electron chi connectivity index (χ2n) is 6.01. The van der Waals surface area contributed by atoms with E-state index >= 15 is 0 Å². The molecule has 0 aromatic heterocycles. The maximum Gasteiger partial charge on any atom is 0.233 e. The molecule has 1 N–H and O–H groups in total. The van der Waals surface area contributed by atoms with Crippen molar-refractivity contribution in [3.63, 3.8) is 0 Å². The number of hydrogen-bond acceptors (Lipinski definition) is 4. The van der Waals surface area contributed by atoms with Gasteiger partial charge in [0.25, 0.3) is 0 Å². The van der Waals surface area contributed by atoms with Crippen LogP contribution in [0.4, 0.5) is 0 Å². The third-order valence-electron chi connectivity index (χ3n) is 3.88. The number of carbonyl (C=O) groups excluding carboxylic acids is 1. The molecule has 0 saturated carbocycles. The van der Waals surface area contributed by atoms with Crippen LogP contribution >= 0.6 is 11.8 Å². The van der Waals surface area contributed by atoms with Crippen molar-refractivity contribution >= 4 is 27.5 Å². The largest absolute Gasteiger partial charge is 0.349 e. The Kier molecular flexibility index (Phi) is 6.67. The van der Waals surface area contributed by atoms with Crippen LogP contribution in [0.1, 0.15) is 31.0 Å². The number of hydrogen-bond donors (Lipinski definition) is 1. The van der Waals surface area contributed by atoms with Gasteiger partial charge in [-0.25, -0.2) is 8.42 Å². The molecule has 0 saturated heterocycles. The average Bonchev–Trinajstić information content (AvgIpc) is 2.59. The Morgan fingerprint density at radius 3 is 2.20 bits per heavy atom. The van der Waals surface area contributed by atoms with Crippen molar-refractivity contribution in [2.75, 3.05) is 6.26 Å². The summed E-state index contributed by atoms with van der Waals surface area (Å²) in [6.07, 6.45) is 1.18. The van der Waals surface area contributed by atoms with Crippen LogP contribution in [0.3, 0.4) is 0 Å². The average molecular weight is 378 g/mol. The molecule has 0 aliphatic heterocycles. The summed E-state index contributed by atoms with van der Waals surface area (Å²) in [6, 6.07) is 16.5. The third kappa shape index (κ3) is 5.90. The van der Waals surface area contributed by atoms with E-state index in [0.717, 1.165) is 11.3 Å². The highest BCUT2D eigenvalue weighted by molar-refractivity contribution is 7.99. The predicted molar refractivity (Wildman–Crippen MR) is 103 cm³/mol. The molecule has 0 spiro atoms. The number of rotatable bonds is 7. The highest BCUT2D eigenvalue weighted by Crippen LogP contribution is 2.20. The highest BCUT2D eigenvalue weighted by Gasteiger charge is 2.17. The summed E-state index contributed by atoms with van der Waals surface area (Å²) < 4.78 is 23.0. The van der Waals surface area contributed by atoms with Crippen LogP contribution in [0.25, 0.3) is 0 Å². The second kappa shape index (κ2) is 8.54. The van der Waals surface area contributed by atoms with E-state index in [1.165, 1.54) is 11.8 Å². The van der Waals surface area contributed by atoms with E-state index in [2.05, 4.69) is 5.32 Å². The number of nitrogens with one attached hydrogen (secondary N) is 1. The molecule has 2 aromatic rings. The molecule has 2 aromatic carbocycles. The lowest BCUT2D eigenvalue weighted by Gasteiger charge is -2.18. The van der Waals surface area contributed by atoms with Gasteiger partial charge in [-0.1, -0.05) is 42.5 Å². The van der Waals surface area contributed by atoms with Gasteiger partial charge >= 0.3 is 0 Å². The third-order valence-corrected chi connectivity index (χ3v) is 6.22. The van der Waals surface area contributed by atoms with Crippen molar-refractivity contribution < 1.29 is 13.2 Å². The SMILES string of the molecule is C[C@H](NC(=O)[C@@H](C)SCc1ccccc1)c1ccc(S(C)(=O)=O)cc1. The summed E-state index contributed by atoms with van der Waals surface area (Å²) in [5.41, 5.74) is 2.07. The Labute approximate surface area is 154 Å². The summed E-state index contributed by atoms with van der Waals surface area (Å²) in [5.74, 6) is 0.757. The second-order valence-corrected chi connectivity index (χ2v) is 9.36. The molecule has 0 aliphatic rings. The van der Waals surface area contributed by atoms with Gasteiger partial charge in [0.1, 0.15) is 0 Å². The van der Waals surface area contributed by atoms with Crippen LogP contribution in [0.5, 0.6) is 0 Å². The fourth-order valence-electron chi connectivity index (χ4n) is 2.29. The van der Waals surface area contributed by atoms with E-state index in [1.807, 2.05) is 44.2 Å². The Bertz CT molecular complexity index is 802. The Morgan fingerprint density at radius 2 is 1.64 bits per heavy atom. The lowest BCUT2D eigenvalue weighted by molar-refractivity contribution is -0.120. The van der Waals surface area contributed by atoms with Crippen LogP contribution in [0, 0.1) is 0 Å². The molecule has 0 radical (unpaired) electrons. The molecule has 134 valence electrons. The van der Waals surface area contributed by atoms with E-state index in [-0.39, 0.29) is 22.1 Å².